The van der Waals surface area contributed by atoms with Gasteiger partial charge >= 0.3 is 0 Å². The zero-order valence-electron chi connectivity index (χ0n) is 9.88. The molecule has 0 saturated heterocycles. The van der Waals surface area contributed by atoms with Crippen molar-refractivity contribution in [2.45, 2.75) is 20.3 Å². The van der Waals surface area contributed by atoms with Crippen molar-refractivity contribution in [2.24, 2.45) is 11.0 Å². The van der Waals surface area contributed by atoms with Gasteiger partial charge in [-0.1, -0.05) is 18.2 Å². The van der Waals surface area contributed by atoms with Crippen LogP contribution in [0.5, 0.6) is 0 Å². The third-order valence-electron chi connectivity index (χ3n) is 2.77. The second kappa shape index (κ2) is 4.49. The van der Waals surface area contributed by atoms with Crippen LogP contribution in [0.1, 0.15) is 20.3 Å². The predicted octanol–water partition coefficient (Wildman–Crippen LogP) is 2.00. The molecule has 17 heavy (non-hydrogen) atoms. The van der Waals surface area contributed by atoms with E-state index in [1.165, 1.54) is 11.9 Å². The molecule has 0 bridgehead atoms. The summed E-state index contributed by atoms with van der Waals surface area (Å²) in [7, 11) is 0. The summed E-state index contributed by atoms with van der Waals surface area (Å²) in [6.07, 6.45) is 0.428. The van der Waals surface area contributed by atoms with Crippen molar-refractivity contribution in [2.75, 3.05) is 5.01 Å². The Morgan fingerprint density at radius 1 is 1.35 bits per heavy atom. The van der Waals surface area contributed by atoms with Crippen molar-refractivity contribution in [1.82, 2.24) is 0 Å². The van der Waals surface area contributed by atoms with Crippen LogP contribution in [0.2, 0.25) is 0 Å². The number of amides is 1. The SMILES string of the molecule is CC(=O)C1CC(C)=NN(c2ccccc2)C1=O. The van der Waals surface area contributed by atoms with Gasteiger partial charge in [0.25, 0.3) is 5.91 Å². The fourth-order valence-electron chi connectivity index (χ4n) is 1.86. The number of nitrogens with zero attached hydrogens (tertiary/aromatic N) is 2. The molecule has 0 saturated carbocycles. The van der Waals surface area contributed by atoms with Crippen LogP contribution in [0.3, 0.4) is 0 Å². The lowest BCUT2D eigenvalue weighted by Crippen LogP contribution is -2.41. The lowest BCUT2D eigenvalue weighted by atomic mass is 9.96. The Balaban J connectivity index is 2.38. The lowest BCUT2D eigenvalue weighted by Gasteiger charge is -2.27. The number of ketones is 1. The maximum Gasteiger partial charge on any atom is 0.258 e. The number of anilines is 1. The van der Waals surface area contributed by atoms with E-state index in [0.717, 1.165) is 5.71 Å². The first-order valence-corrected chi connectivity index (χ1v) is 5.53. The molecule has 1 amide bonds. The number of benzene rings is 1. The first-order chi connectivity index (χ1) is 8.09. The van der Waals surface area contributed by atoms with E-state index in [1.54, 1.807) is 12.1 Å². The zero-order valence-corrected chi connectivity index (χ0v) is 9.88. The summed E-state index contributed by atoms with van der Waals surface area (Å²) in [6.45, 7) is 3.28. The lowest BCUT2D eigenvalue weighted by molar-refractivity contribution is -0.131. The number of carbonyl (C=O) groups excluding carboxylic acids is 2. The number of para-hydroxylation sites is 1. The maximum absolute atomic E-state index is 12.1. The topological polar surface area (TPSA) is 49.7 Å². The second-order valence-corrected chi connectivity index (χ2v) is 4.19. The fraction of sp³-hybridized carbons (Fsp3) is 0.308. The van der Waals surface area contributed by atoms with Crippen molar-refractivity contribution in [3.8, 4) is 0 Å². The summed E-state index contributed by atoms with van der Waals surface area (Å²) in [5.74, 6) is -0.938. The molecule has 4 nitrogen and oxygen atoms in total. The van der Waals surface area contributed by atoms with Crippen LogP contribution in [0.4, 0.5) is 5.69 Å². The number of carbonyl (C=O) groups is 2. The van der Waals surface area contributed by atoms with E-state index in [2.05, 4.69) is 5.10 Å². The molecule has 0 N–H and O–H groups in total. The molecular weight excluding hydrogens is 216 g/mol. The molecule has 0 fully saturated rings. The molecule has 4 heteroatoms. The average Bonchev–Trinajstić information content (AvgIpc) is 2.32. The van der Waals surface area contributed by atoms with Gasteiger partial charge in [-0.05, 0) is 26.0 Å². The highest BCUT2D eigenvalue weighted by atomic mass is 16.2. The van der Waals surface area contributed by atoms with Gasteiger partial charge in [-0.3, -0.25) is 9.59 Å². The molecule has 1 unspecified atom stereocenters. The summed E-state index contributed by atoms with van der Waals surface area (Å²) >= 11 is 0. The van der Waals surface area contributed by atoms with Crippen molar-refractivity contribution in [1.29, 1.82) is 0 Å². The minimum Gasteiger partial charge on any atom is -0.299 e. The van der Waals surface area contributed by atoms with Crippen molar-refractivity contribution in [3.63, 3.8) is 0 Å². The number of Topliss-reactive ketones (excluding diaryl/α,β-unsaturated/α-hetero) is 1. The maximum atomic E-state index is 12.1. The quantitative estimate of drug-likeness (QED) is 0.730. The van der Waals surface area contributed by atoms with Gasteiger partial charge in [0.05, 0.1) is 5.69 Å². The molecule has 88 valence electrons. The van der Waals surface area contributed by atoms with E-state index in [-0.39, 0.29) is 11.7 Å². The van der Waals surface area contributed by atoms with Gasteiger partial charge in [-0.15, -0.1) is 0 Å². The van der Waals surface area contributed by atoms with Gasteiger partial charge in [0.15, 0.2) is 0 Å². The Hall–Kier alpha value is -1.97. The highest BCUT2D eigenvalue weighted by Gasteiger charge is 2.33. The predicted molar refractivity (Wildman–Crippen MR) is 65.8 cm³/mol. The minimum absolute atomic E-state index is 0.106. The molecule has 0 spiro atoms. The number of hydrogen-bond acceptors (Lipinski definition) is 3. The zero-order chi connectivity index (χ0) is 12.4. The highest BCUT2D eigenvalue weighted by Crippen LogP contribution is 2.23. The first-order valence-electron chi connectivity index (χ1n) is 5.53. The first kappa shape index (κ1) is 11.5. The summed E-state index contributed by atoms with van der Waals surface area (Å²) in [5.41, 5.74) is 1.50. The molecule has 1 atom stereocenters. The molecule has 0 aromatic heterocycles. The number of rotatable bonds is 2. The van der Waals surface area contributed by atoms with E-state index < -0.39 is 5.92 Å². The van der Waals surface area contributed by atoms with E-state index in [0.29, 0.717) is 12.1 Å². The summed E-state index contributed by atoms with van der Waals surface area (Å²) in [6, 6.07) is 9.15. The van der Waals surface area contributed by atoms with E-state index in [1.807, 2.05) is 25.1 Å². The molecule has 0 radical (unpaired) electrons. The van der Waals surface area contributed by atoms with Crippen LogP contribution in [-0.4, -0.2) is 17.4 Å². The van der Waals surface area contributed by atoms with Crippen molar-refractivity contribution >= 4 is 23.1 Å². The van der Waals surface area contributed by atoms with Gasteiger partial charge in [-0.25, -0.2) is 5.01 Å². The van der Waals surface area contributed by atoms with Gasteiger partial charge in [0.2, 0.25) is 0 Å². The van der Waals surface area contributed by atoms with E-state index in [4.69, 9.17) is 0 Å². The molecule has 1 aromatic carbocycles. The van der Waals surface area contributed by atoms with Crippen molar-refractivity contribution < 1.29 is 9.59 Å². The molecule has 1 aromatic rings. The Morgan fingerprint density at radius 3 is 2.59 bits per heavy atom. The van der Waals surface area contributed by atoms with E-state index in [9.17, 15) is 9.59 Å². The Bertz CT molecular complexity index is 479. The molecule has 0 aliphatic carbocycles. The Morgan fingerprint density at radius 2 is 2.00 bits per heavy atom. The summed E-state index contributed by atoms with van der Waals surface area (Å²) < 4.78 is 0. The Kier molecular flexibility index (Phi) is 3.04. The standard InChI is InChI=1S/C13H14N2O2/c1-9-8-12(10(2)16)13(17)15(14-9)11-6-4-3-5-7-11/h3-7,12H,8H2,1-2H3. The van der Waals surface area contributed by atoms with Crippen molar-refractivity contribution in [3.05, 3.63) is 30.3 Å². The van der Waals surface area contributed by atoms with Crippen LogP contribution in [-0.2, 0) is 9.59 Å². The number of hydrogen-bond donors (Lipinski definition) is 0. The molecule has 2 rings (SSSR count). The van der Waals surface area contributed by atoms with Gasteiger partial charge in [0.1, 0.15) is 11.7 Å². The second-order valence-electron chi connectivity index (χ2n) is 4.19. The average molecular weight is 230 g/mol. The molecule has 1 aliphatic heterocycles. The van der Waals surface area contributed by atoms with Crippen LogP contribution in [0.15, 0.2) is 35.4 Å². The number of hydrazone groups is 1. The Labute approximate surface area is 99.9 Å². The largest absolute Gasteiger partial charge is 0.299 e. The molecular formula is C13H14N2O2. The van der Waals surface area contributed by atoms with Crippen LogP contribution in [0.25, 0.3) is 0 Å². The summed E-state index contributed by atoms with van der Waals surface area (Å²) in [5, 5.41) is 5.54. The fourth-order valence-corrected chi connectivity index (χ4v) is 1.86. The third kappa shape index (κ3) is 2.25. The molecule has 1 heterocycles. The third-order valence-corrected chi connectivity index (χ3v) is 2.77. The normalized spacial score (nSPS) is 20.1. The molecule has 1 aliphatic rings. The van der Waals surface area contributed by atoms with Crippen LogP contribution in [0, 0.1) is 5.92 Å². The smallest absolute Gasteiger partial charge is 0.258 e. The van der Waals surface area contributed by atoms with Crippen LogP contribution >= 0.6 is 0 Å². The van der Waals surface area contributed by atoms with E-state index >= 15 is 0 Å². The van der Waals surface area contributed by atoms with Crippen LogP contribution < -0.4 is 5.01 Å². The van der Waals surface area contributed by atoms with Gasteiger partial charge < -0.3 is 0 Å². The van der Waals surface area contributed by atoms with Gasteiger partial charge in [0, 0.05) is 12.1 Å². The minimum atomic E-state index is -0.590. The monoisotopic (exact) mass is 230 g/mol. The van der Waals surface area contributed by atoms with Gasteiger partial charge in [-0.2, -0.15) is 5.10 Å². The summed E-state index contributed by atoms with van der Waals surface area (Å²) in [4.78, 5) is 23.5. The highest BCUT2D eigenvalue weighted by molar-refractivity contribution is 6.12.